The number of rotatable bonds is 7. The lowest BCUT2D eigenvalue weighted by atomic mass is 9.89. The van der Waals surface area contributed by atoms with Crippen LogP contribution in [0, 0.1) is 25.7 Å². The Kier molecular flexibility index (Phi) is 6.76. The van der Waals surface area contributed by atoms with Gasteiger partial charge in [-0.25, -0.2) is 23.4 Å². The fourth-order valence-electron chi connectivity index (χ4n) is 6.44. The topological polar surface area (TPSA) is 116 Å². The van der Waals surface area contributed by atoms with Gasteiger partial charge in [0.2, 0.25) is 5.95 Å². The molecule has 11 heteroatoms. The summed E-state index contributed by atoms with van der Waals surface area (Å²) in [5, 5.41) is 4.40. The van der Waals surface area contributed by atoms with Crippen LogP contribution in [0.3, 0.4) is 0 Å². The predicted molar refractivity (Wildman–Crippen MR) is 157 cm³/mol. The Morgan fingerprint density at radius 3 is 2.48 bits per heavy atom. The Hall–Kier alpha value is -2.21. The number of fused-ring (bicyclic) bond motifs is 2. The van der Waals surface area contributed by atoms with E-state index in [1.807, 2.05) is 53.8 Å². The summed E-state index contributed by atoms with van der Waals surface area (Å²) < 4.78 is 38.8. The quantitative estimate of drug-likeness (QED) is 0.397. The molecule has 1 saturated heterocycles. The van der Waals surface area contributed by atoms with Gasteiger partial charge in [-0.05, 0) is 85.6 Å². The first-order valence-electron chi connectivity index (χ1n) is 14.2. The minimum Gasteiger partial charge on any atom is -0.351 e. The molecule has 6 rings (SSSR count). The average Bonchev–Trinajstić information content (AvgIpc) is 3.47. The van der Waals surface area contributed by atoms with Crippen molar-refractivity contribution < 1.29 is 17.9 Å². The first-order valence-corrected chi connectivity index (χ1v) is 16.9. The van der Waals surface area contributed by atoms with Crippen molar-refractivity contribution in [2.45, 2.75) is 102 Å². The predicted octanol–water partition coefficient (Wildman–Crippen LogP) is 5.25. The molecule has 0 amide bonds. The van der Waals surface area contributed by atoms with Crippen LogP contribution in [0.15, 0.2) is 12.3 Å². The molecular weight excluding hydrogens is 546 g/mol. The second kappa shape index (κ2) is 9.68. The molecule has 0 spiro atoms. The zero-order valence-electron chi connectivity index (χ0n) is 24.3. The summed E-state index contributed by atoms with van der Waals surface area (Å²) in [6.07, 6.45) is 7.35. The van der Waals surface area contributed by atoms with Gasteiger partial charge in [0.1, 0.15) is 10.5 Å². The van der Waals surface area contributed by atoms with Gasteiger partial charge in [-0.3, -0.25) is 4.98 Å². The first kappa shape index (κ1) is 27.9. The summed E-state index contributed by atoms with van der Waals surface area (Å²) in [6, 6.07) is 2.40. The van der Waals surface area contributed by atoms with Gasteiger partial charge in [-0.2, -0.15) is 0 Å². The van der Waals surface area contributed by atoms with Gasteiger partial charge in [0, 0.05) is 24.4 Å². The standard InChI is InChI=1S/C29H39N5O4S2/c1-15-22(26-34-23-16(2)30-12-11-21(23)39-26)20(33-27(31-15)32-18-9-8-10-18)14-17-13-19(28(3,4)40(7,35)36)25-24(17)37-29(5,6)38-25/h11-12,17-19,24-25H,8-10,13-14H2,1-7H3,(H,31,32,33)/t17-,19-,24-,25+/m0/s1. The molecule has 0 radical (unpaired) electrons. The van der Waals surface area contributed by atoms with Gasteiger partial charge in [-0.15, -0.1) is 11.3 Å². The number of nitrogens with zero attached hydrogens (tertiary/aromatic N) is 4. The van der Waals surface area contributed by atoms with E-state index in [0.29, 0.717) is 24.8 Å². The first-order chi connectivity index (χ1) is 18.7. The maximum absolute atomic E-state index is 12.9. The van der Waals surface area contributed by atoms with E-state index in [1.165, 1.54) is 12.7 Å². The molecule has 3 aliphatic rings. The number of aromatic nitrogens is 4. The van der Waals surface area contributed by atoms with Crippen LogP contribution in [0.4, 0.5) is 5.95 Å². The van der Waals surface area contributed by atoms with Gasteiger partial charge in [-0.1, -0.05) is 0 Å². The molecule has 2 saturated carbocycles. The molecule has 9 nitrogen and oxygen atoms in total. The van der Waals surface area contributed by atoms with E-state index in [9.17, 15) is 8.42 Å². The number of sulfone groups is 1. The Balaban J connectivity index is 1.42. The molecule has 2 aliphatic carbocycles. The number of ether oxygens (including phenoxy) is 2. The lowest BCUT2D eigenvalue weighted by Crippen LogP contribution is -2.44. The van der Waals surface area contributed by atoms with Crippen LogP contribution in [0.25, 0.3) is 20.8 Å². The summed E-state index contributed by atoms with van der Waals surface area (Å²) in [7, 11) is -3.34. The third kappa shape index (κ3) is 4.82. The normalized spacial score (nSPS) is 26.7. The van der Waals surface area contributed by atoms with E-state index in [-0.39, 0.29) is 24.0 Å². The van der Waals surface area contributed by atoms with Crippen LogP contribution in [-0.4, -0.2) is 63.4 Å². The number of hydrogen-bond donors (Lipinski definition) is 1. The average molecular weight is 586 g/mol. The van der Waals surface area contributed by atoms with Crippen LogP contribution in [0.1, 0.15) is 70.5 Å². The fraction of sp³-hybridized carbons (Fsp3) is 0.655. The smallest absolute Gasteiger partial charge is 0.223 e. The zero-order chi connectivity index (χ0) is 28.6. The number of aryl methyl sites for hydroxylation is 2. The Morgan fingerprint density at radius 1 is 1.10 bits per heavy atom. The minimum absolute atomic E-state index is 0.0279. The third-order valence-electron chi connectivity index (χ3n) is 9.19. The lowest BCUT2D eigenvalue weighted by molar-refractivity contribution is -0.162. The van der Waals surface area contributed by atoms with E-state index < -0.39 is 20.4 Å². The van der Waals surface area contributed by atoms with E-state index in [4.69, 9.17) is 24.4 Å². The number of anilines is 1. The van der Waals surface area contributed by atoms with Crippen molar-refractivity contribution in [3.63, 3.8) is 0 Å². The van der Waals surface area contributed by atoms with Crippen LogP contribution in [-0.2, 0) is 25.7 Å². The fourth-order valence-corrected chi connectivity index (χ4v) is 8.35. The second-order valence-corrected chi connectivity index (χ2v) is 16.4. The van der Waals surface area contributed by atoms with Crippen LogP contribution in [0.5, 0.6) is 0 Å². The largest absolute Gasteiger partial charge is 0.351 e. The maximum Gasteiger partial charge on any atom is 0.223 e. The highest BCUT2D eigenvalue weighted by molar-refractivity contribution is 7.92. The molecule has 4 heterocycles. The molecule has 3 aromatic heterocycles. The highest BCUT2D eigenvalue weighted by Gasteiger charge is 2.59. The third-order valence-corrected chi connectivity index (χ3v) is 12.4. The summed E-state index contributed by atoms with van der Waals surface area (Å²) in [4.78, 5) is 19.4. The van der Waals surface area contributed by atoms with Gasteiger partial charge in [0.05, 0.1) is 44.3 Å². The van der Waals surface area contributed by atoms with Crippen molar-refractivity contribution in [1.82, 2.24) is 19.9 Å². The molecule has 0 aromatic carbocycles. The number of hydrogen-bond acceptors (Lipinski definition) is 10. The molecule has 3 fully saturated rings. The number of pyridine rings is 1. The summed E-state index contributed by atoms with van der Waals surface area (Å²) in [5.41, 5.74) is 4.53. The Bertz CT molecular complexity index is 1560. The van der Waals surface area contributed by atoms with E-state index in [1.54, 1.807) is 11.3 Å². The second-order valence-electron chi connectivity index (χ2n) is 12.7. The highest BCUT2D eigenvalue weighted by Crippen LogP contribution is 2.51. The van der Waals surface area contributed by atoms with E-state index in [0.717, 1.165) is 50.7 Å². The van der Waals surface area contributed by atoms with Crippen molar-refractivity contribution in [1.29, 1.82) is 0 Å². The van der Waals surface area contributed by atoms with Crippen molar-refractivity contribution in [3.8, 4) is 10.6 Å². The molecule has 4 atom stereocenters. The number of thiazole rings is 1. The van der Waals surface area contributed by atoms with E-state index >= 15 is 0 Å². The maximum atomic E-state index is 12.9. The lowest BCUT2D eigenvalue weighted by Gasteiger charge is -2.34. The number of nitrogens with one attached hydrogen (secondary N) is 1. The van der Waals surface area contributed by atoms with Gasteiger partial charge in [0.25, 0.3) is 0 Å². The molecule has 0 bridgehead atoms. The molecule has 216 valence electrons. The van der Waals surface area contributed by atoms with Gasteiger partial charge >= 0.3 is 0 Å². The summed E-state index contributed by atoms with van der Waals surface area (Å²) in [5.74, 6) is -0.306. The monoisotopic (exact) mass is 585 g/mol. The van der Waals surface area contributed by atoms with Crippen molar-refractivity contribution in [2.75, 3.05) is 11.6 Å². The Labute approximate surface area is 240 Å². The van der Waals surface area contributed by atoms with Gasteiger partial charge in [0.15, 0.2) is 15.6 Å². The zero-order valence-corrected chi connectivity index (χ0v) is 25.9. The Morgan fingerprint density at radius 2 is 1.82 bits per heavy atom. The van der Waals surface area contributed by atoms with Crippen LogP contribution < -0.4 is 5.32 Å². The summed E-state index contributed by atoms with van der Waals surface area (Å²) in [6.45, 7) is 11.5. The molecule has 3 aromatic rings. The molecular formula is C29H39N5O4S2. The van der Waals surface area contributed by atoms with Gasteiger partial charge < -0.3 is 14.8 Å². The van der Waals surface area contributed by atoms with Crippen molar-refractivity contribution in [2.24, 2.45) is 11.8 Å². The van der Waals surface area contributed by atoms with Crippen molar-refractivity contribution in [3.05, 3.63) is 29.3 Å². The summed E-state index contributed by atoms with van der Waals surface area (Å²) >= 11 is 1.63. The van der Waals surface area contributed by atoms with E-state index in [2.05, 4.69) is 10.3 Å². The minimum atomic E-state index is -3.34. The molecule has 0 unspecified atom stereocenters. The van der Waals surface area contributed by atoms with Crippen LogP contribution in [0.2, 0.25) is 0 Å². The molecule has 1 N–H and O–H groups in total. The van der Waals surface area contributed by atoms with Crippen LogP contribution >= 0.6 is 11.3 Å². The van der Waals surface area contributed by atoms with Crippen molar-refractivity contribution >= 4 is 37.3 Å². The molecule has 40 heavy (non-hydrogen) atoms. The SMILES string of the molecule is Cc1nc(NC2CCC2)nc(C[C@@H]2C[C@H](C(C)(C)S(C)(=O)=O)[C@H]3OC(C)(C)O[C@@H]23)c1-c1nc2c(C)nccc2s1. The molecule has 1 aliphatic heterocycles. The highest BCUT2D eigenvalue weighted by atomic mass is 32.2.